The van der Waals surface area contributed by atoms with Gasteiger partial charge in [-0.25, -0.2) is 4.98 Å². The summed E-state index contributed by atoms with van der Waals surface area (Å²) in [5, 5.41) is 1.15. The van der Waals surface area contributed by atoms with E-state index in [0.29, 0.717) is 21.4 Å². The molecule has 4 rings (SSSR count). The molecular formula is C25H17Cl2F3N4O. The van der Waals surface area contributed by atoms with E-state index >= 15 is 0 Å². The number of carbonyl (C=O) groups excluding carboxylic acids is 1. The van der Waals surface area contributed by atoms with Gasteiger partial charge >= 0.3 is 6.18 Å². The Morgan fingerprint density at radius 2 is 1.60 bits per heavy atom. The minimum Gasteiger partial charge on any atom is -0.282 e. The number of carbonyl (C=O) groups is 1. The summed E-state index contributed by atoms with van der Waals surface area (Å²) in [6.45, 7) is 0. The maximum Gasteiger partial charge on any atom is 0.433 e. The molecule has 0 unspecified atom stereocenters. The summed E-state index contributed by atoms with van der Waals surface area (Å²) in [4.78, 5) is 20.0. The largest absolute Gasteiger partial charge is 0.433 e. The zero-order chi connectivity index (χ0) is 25.0. The highest BCUT2D eigenvalue weighted by Gasteiger charge is 2.32. The van der Waals surface area contributed by atoms with Gasteiger partial charge in [0.2, 0.25) is 5.91 Å². The molecule has 0 radical (unpaired) electrons. The number of anilines is 1. The average molecular weight is 517 g/mol. The summed E-state index contributed by atoms with van der Waals surface area (Å²) in [5.41, 5.74) is 7.79. The third-order valence-corrected chi connectivity index (χ3v) is 5.61. The number of halogens is 5. The molecule has 0 aliphatic heterocycles. The quantitative estimate of drug-likeness (QED) is 0.276. The van der Waals surface area contributed by atoms with Crippen LogP contribution < -0.4 is 10.9 Å². The van der Waals surface area contributed by atoms with Crippen LogP contribution in [0.15, 0.2) is 79.1 Å². The van der Waals surface area contributed by atoms with Gasteiger partial charge in [0.15, 0.2) is 0 Å². The normalized spacial score (nSPS) is 11.2. The molecule has 0 aliphatic carbocycles. The number of nitrogens with zero attached hydrogens (tertiary/aromatic N) is 2. The Kier molecular flexibility index (Phi) is 7.23. The summed E-state index contributed by atoms with van der Waals surface area (Å²) in [6, 6.07) is 18.4. The number of hydrazine groups is 1. The van der Waals surface area contributed by atoms with E-state index in [2.05, 4.69) is 20.8 Å². The molecule has 1 amide bonds. The number of aromatic nitrogens is 2. The topological polar surface area (TPSA) is 66.9 Å². The number of nitrogens with one attached hydrogen (secondary N) is 2. The van der Waals surface area contributed by atoms with Crippen molar-refractivity contribution >= 4 is 34.9 Å². The lowest BCUT2D eigenvalue weighted by atomic mass is 9.96. The number of pyridine rings is 2. The number of rotatable bonds is 6. The van der Waals surface area contributed by atoms with Gasteiger partial charge in [-0.2, -0.15) is 13.2 Å². The van der Waals surface area contributed by atoms with E-state index < -0.39 is 17.8 Å². The Labute approximate surface area is 208 Å². The van der Waals surface area contributed by atoms with Gasteiger partial charge in [-0.05, 0) is 47.0 Å². The first-order chi connectivity index (χ1) is 16.7. The molecule has 5 nitrogen and oxygen atoms in total. The standard InChI is InChI=1S/C25H17Cl2F3N4O/c26-17-8-6-16(7-9-17)19-12-23(32-14-20(19)18-3-1-2-4-21(18)27)33-34-24(35)11-15-5-10-22(31-13-15)25(28,29)30/h1-10,12-14H,11H2,(H,32,33)(H,34,35). The fraction of sp³-hybridized carbons (Fsp3) is 0.0800. The highest BCUT2D eigenvalue weighted by Crippen LogP contribution is 2.37. The number of benzene rings is 2. The van der Waals surface area contributed by atoms with E-state index in [9.17, 15) is 18.0 Å². The molecule has 0 bridgehead atoms. The van der Waals surface area contributed by atoms with Crippen LogP contribution in [0.5, 0.6) is 0 Å². The lowest BCUT2D eigenvalue weighted by molar-refractivity contribution is -0.141. The number of alkyl halides is 3. The van der Waals surface area contributed by atoms with Gasteiger partial charge < -0.3 is 0 Å². The first-order valence-electron chi connectivity index (χ1n) is 10.3. The number of amides is 1. The summed E-state index contributed by atoms with van der Waals surface area (Å²) in [6.07, 6.45) is -2.04. The van der Waals surface area contributed by atoms with Gasteiger partial charge in [-0.3, -0.25) is 20.6 Å². The van der Waals surface area contributed by atoms with E-state index in [0.717, 1.165) is 34.5 Å². The van der Waals surface area contributed by atoms with Gasteiger partial charge in [-0.1, -0.05) is 59.6 Å². The molecule has 0 fully saturated rings. The van der Waals surface area contributed by atoms with Crippen molar-refractivity contribution in [3.05, 3.63) is 100 Å². The molecular weight excluding hydrogens is 500 g/mol. The molecule has 0 saturated carbocycles. The maximum atomic E-state index is 12.7. The third-order valence-electron chi connectivity index (χ3n) is 5.03. The van der Waals surface area contributed by atoms with E-state index in [4.69, 9.17) is 23.2 Å². The zero-order valence-electron chi connectivity index (χ0n) is 17.9. The highest BCUT2D eigenvalue weighted by molar-refractivity contribution is 6.33. The van der Waals surface area contributed by atoms with E-state index in [1.54, 1.807) is 30.5 Å². The molecule has 0 aliphatic rings. The van der Waals surface area contributed by atoms with E-state index in [-0.39, 0.29) is 6.42 Å². The molecule has 178 valence electrons. The minimum atomic E-state index is -4.54. The van der Waals surface area contributed by atoms with Crippen LogP contribution in [0.3, 0.4) is 0 Å². The molecule has 4 aromatic rings. The fourth-order valence-corrected chi connectivity index (χ4v) is 3.71. The predicted molar refractivity (Wildman–Crippen MR) is 130 cm³/mol. The summed E-state index contributed by atoms with van der Waals surface area (Å²) < 4.78 is 38.0. The van der Waals surface area contributed by atoms with Crippen molar-refractivity contribution in [1.82, 2.24) is 15.4 Å². The van der Waals surface area contributed by atoms with Crippen molar-refractivity contribution in [1.29, 1.82) is 0 Å². The Morgan fingerprint density at radius 1 is 0.857 bits per heavy atom. The molecule has 2 aromatic heterocycles. The third kappa shape index (κ3) is 6.09. The van der Waals surface area contributed by atoms with Crippen molar-refractivity contribution < 1.29 is 18.0 Å². The van der Waals surface area contributed by atoms with Crippen LogP contribution in [-0.4, -0.2) is 15.9 Å². The van der Waals surface area contributed by atoms with Crippen molar-refractivity contribution in [3.8, 4) is 22.3 Å². The number of hydrogen-bond donors (Lipinski definition) is 2. The second-order valence-electron chi connectivity index (χ2n) is 7.50. The highest BCUT2D eigenvalue weighted by atomic mass is 35.5. The van der Waals surface area contributed by atoms with Gasteiger partial charge in [-0.15, -0.1) is 0 Å². The van der Waals surface area contributed by atoms with Crippen molar-refractivity contribution in [2.45, 2.75) is 12.6 Å². The Morgan fingerprint density at radius 3 is 2.26 bits per heavy atom. The summed E-state index contributed by atoms with van der Waals surface area (Å²) in [7, 11) is 0. The molecule has 35 heavy (non-hydrogen) atoms. The van der Waals surface area contributed by atoms with Crippen molar-refractivity contribution in [2.24, 2.45) is 0 Å². The second kappa shape index (κ2) is 10.3. The molecule has 2 N–H and O–H groups in total. The monoisotopic (exact) mass is 516 g/mol. The lowest BCUT2D eigenvalue weighted by Gasteiger charge is -2.14. The maximum absolute atomic E-state index is 12.7. The van der Waals surface area contributed by atoms with Crippen LogP contribution in [-0.2, 0) is 17.4 Å². The molecule has 0 saturated heterocycles. The van der Waals surface area contributed by atoms with Crippen molar-refractivity contribution in [2.75, 3.05) is 5.43 Å². The summed E-state index contributed by atoms with van der Waals surface area (Å²) in [5.74, 6) is -0.124. The first kappa shape index (κ1) is 24.5. The lowest BCUT2D eigenvalue weighted by Crippen LogP contribution is -2.31. The smallest absolute Gasteiger partial charge is 0.282 e. The van der Waals surface area contributed by atoms with Crippen LogP contribution in [0.1, 0.15) is 11.3 Å². The predicted octanol–water partition coefficient (Wildman–Crippen LogP) is 6.82. The Balaban J connectivity index is 1.53. The van der Waals surface area contributed by atoms with Crippen LogP contribution in [0.4, 0.5) is 19.0 Å². The molecule has 2 heterocycles. The molecule has 10 heteroatoms. The molecule has 0 atom stereocenters. The van der Waals surface area contributed by atoms with Crippen molar-refractivity contribution in [3.63, 3.8) is 0 Å². The SMILES string of the molecule is O=C(Cc1ccc(C(F)(F)F)nc1)NNc1cc(-c2ccc(Cl)cc2)c(-c2ccccc2Cl)cn1. The molecule has 0 spiro atoms. The second-order valence-corrected chi connectivity index (χ2v) is 8.34. The van der Waals surface area contributed by atoms with E-state index in [1.165, 1.54) is 6.07 Å². The van der Waals surface area contributed by atoms with Gasteiger partial charge in [0, 0.05) is 33.6 Å². The summed E-state index contributed by atoms with van der Waals surface area (Å²) >= 11 is 12.4. The van der Waals surface area contributed by atoms with Crippen LogP contribution in [0.25, 0.3) is 22.3 Å². The zero-order valence-corrected chi connectivity index (χ0v) is 19.4. The Bertz CT molecular complexity index is 1340. The van der Waals surface area contributed by atoms with Crippen LogP contribution in [0.2, 0.25) is 10.0 Å². The van der Waals surface area contributed by atoms with Crippen LogP contribution in [0, 0.1) is 0 Å². The Hall–Kier alpha value is -3.62. The average Bonchev–Trinajstić information content (AvgIpc) is 2.83. The van der Waals surface area contributed by atoms with Gasteiger partial charge in [0.25, 0.3) is 0 Å². The van der Waals surface area contributed by atoms with Gasteiger partial charge in [0.05, 0.1) is 6.42 Å². The molecule has 2 aromatic carbocycles. The van der Waals surface area contributed by atoms with Gasteiger partial charge in [0.1, 0.15) is 11.5 Å². The minimum absolute atomic E-state index is 0.167. The van der Waals surface area contributed by atoms with Crippen LogP contribution >= 0.6 is 23.2 Å². The number of hydrogen-bond acceptors (Lipinski definition) is 4. The first-order valence-corrected chi connectivity index (χ1v) is 11.0. The van der Waals surface area contributed by atoms with E-state index in [1.807, 2.05) is 30.3 Å². The fourth-order valence-electron chi connectivity index (χ4n) is 3.35.